The molecular weight excluding hydrogens is 377 g/mol. The number of aryl methyl sites for hydroxylation is 1. The first-order chi connectivity index (χ1) is 13.0. The number of carbonyl (C=O) groups excluding carboxylic acids is 1. The van der Waals surface area contributed by atoms with Crippen molar-refractivity contribution >= 4 is 15.8 Å². The van der Waals surface area contributed by atoms with Crippen LogP contribution in [0.2, 0.25) is 0 Å². The van der Waals surface area contributed by atoms with Crippen LogP contribution < -0.4 is 4.72 Å². The highest BCUT2D eigenvalue weighted by molar-refractivity contribution is 7.89. The molecule has 154 valence electrons. The number of nitrogens with one attached hydrogen (secondary N) is 1. The molecule has 4 nitrogen and oxygen atoms in total. The first-order valence-electron chi connectivity index (χ1n) is 10.4. The van der Waals surface area contributed by atoms with Gasteiger partial charge in [-0.15, -0.1) is 0 Å². The van der Waals surface area contributed by atoms with Gasteiger partial charge in [-0.05, 0) is 100 Å². The highest BCUT2D eigenvalue weighted by atomic mass is 32.2. The summed E-state index contributed by atoms with van der Waals surface area (Å²) < 4.78 is 41.8. The summed E-state index contributed by atoms with van der Waals surface area (Å²) in [6.07, 6.45) is 6.75. The van der Waals surface area contributed by atoms with Crippen LogP contribution in [0.5, 0.6) is 0 Å². The number of sulfonamides is 1. The van der Waals surface area contributed by atoms with Crippen molar-refractivity contribution in [3.63, 3.8) is 0 Å². The summed E-state index contributed by atoms with van der Waals surface area (Å²) >= 11 is 0. The number of benzene rings is 1. The molecule has 0 heterocycles. The van der Waals surface area contributed by atoms with E-state index in [0.29, 0.717) is 29.7 Å². The van der Waals surface area contributed by atoms with Gasteiger partial charge in [0.2, 0.25) is 10.0 Å². The second kappa shape index (κ2) is 6.91. The Kier molecular flexibility index (Phi) is 4.94. The van der Waals surface area contributed by atoms with Gasteiger partial charge in [0.05, 0.1) is 10.4 Å². The lowest BCUT2D eigenvalue weighted by atomic mass is 9.51. The molecule has 28 heavy (non-hydrogen) atoms. The van der Waals surface area contributed by atoms with Gasteiger partial charge in [0.15, 0.2) is 5.78 Å². The summed E-state index contributed by atoms with van der Waals surface area (Å²) in [5.74, 6) is 2.69. The fourth-order valence-corrected chi connectivity index (χ4v) is 7.44. The standard InChI is InChI=1S/C22H30FNO3S/c1-13-4-5-18(11-20(13)23)28(26,27)24-22(2,3)21(25)12-19-16-7-14-6-15(9-16)10-17(19)8-14/h4-5,11,14-17,19,24H,6-10,12H2,1-3H3. The quantitative estimate of drug-likeness (QED) is 0.768. The van der Waals surface area contributed by atoms with E-state index in [1.54, 1.807) is 20.8 Å². The van der Waals surface area contributed by atoms with Crippen molar-refractivity contribution in [1.29, 1.82) is 0 Å². The summed E-state index contributed by atoms with van der Waals surface area (Å²) in [5.41, 5.74) is -0.828. The van der Waals surface area contributed by atoms with E-state index in [4.69, 9.17) is 0 Å². The molecule has 4 aliphatic rings. The van der Waals surface area contributed by atoms with Crippen LogP contribution >= 0.6 is 0 Å². The Bertz CT molecular complexity index is 865. The van der Waals surface area contributed by atoms with E-state index in [-0.39, 0.29) is 10.7 Å². The molecule has 1 aromatic carbocycles. The zero-order chi connectivity index (χ0) is 20.3. The number of hydrogen-bond donors (Lipinski definition) is 1. The fourth-order valence-electron chi connectivity index (χ4n) is 6.03. The van der Waals surface area contributed by atoms with Crippen LogP contribution in [-0.2, 0) is 14.8 Å². The minimum atomic E-state index is -3.97. The van der Waals surface area contributed by atoms with Crippen molar-refractivity contribution < 1.29 is 17.6 Å². The van der Waals surface area contributed by atoms with Crippen LogP contribution in [0.3, 0.4) is 0 Å². The van der Waals surface area contributed by atoms with Gasteiger partial charge in [-0.3, -0.25) is 4.79 Å². The molecule has 0 radical (unpaired) electrons. The van der Waals surface area contributed by atoms with Crippen LogP contribution in [0, 0.1) is 42.3 Å². The average molecular weight is 408 g/mol. The third-order valence-corrected chi connectivity index (χ3v) is 9.04. The Morgan fingerprint density at radius 2 is 1.68 bits per heavy atom. The molecule has 0 aliphatic heterocycles. The van der Waals surface area contributed by atoms with Gasteiger partial charge in [0.1, 0.15) is 5.82 Å². The summed E-state index contributed by atoms with van der Waals surface area (Å²) in [6, 6.07) is 3.82. The van der Waals surface area contributed by atoms with Gasteiger partial charge in [-0.1, -0.05) is 6.07 Å². The van der Waals surface area contributed by atoms with Crippen molar-refractivity contribution in [2.24, 2.45) is 29.6 Å². The van der Waals surface area contributed by atoms with Crippen molar-refractivity contribution in [1.82, 2.24) is 4.72 Å². The molecule has 0 saturated heterocycles. The fraction of sp³-hybridized carbons (Fsp3) is 0.682. The van der Waals surface area contributed by atoms with E-state index >= 15 is 0 Å². The third kappa shape index (κ3) is 3.65. The van der Waals surface area contributed by atoms with Crippen LogP contribution in [-0.4, -0.2) is 19.7 Å². The van der Waals surface area contributed by atoms with Gasteiger partial charge in [0, 0.05) is 6.42 Å². The lowest BCUT2D eigenvalue weighted by Crippen LogP contribution is -2.52. The molecule has 1 aromatic rings. The van der Waals surface area contributed by atoms with Crippen LogP contribution in [0.15, 0.2) is 23.1 Å². The zero-order valence-corrected chi connectivity index (χ0v) is 17.7. The van der Waals surface area contributed by atoms with Crippen LogP contribution in [0.25, 0.3) is 0 Å². The van der Waals surface area contributed by atoms with Gasteiger partial charge in [-0.2, -0.15) is 4.72 Å². The first kappa shape index (κ1) is 20.0. The van der Waals surface area contributed by atoms with Gasteiger partial charge in [0.25, 0.3) is 0 Å². The Hall–Kier alpha value is -1.27. The molecule has 0 spiro atoms. The minimum Gasteiger partial charge on any atom is -0.298 e. The number of halogens is 1. The molecule has 0 amide bonds. The number of carbonyl (C=O) groups is 1. The Morgan fingerprint density at radius 3 is 2.21 bits per heavy atom. The minimum absolute atomic E-state index is 0.0684. The van der Waals surface area contributed by atoms with E-state index in [9.17, 15) is 17.6 Å². The molecule has 4 bridgehead atoms. The van der Waals surface area contributed by atoms with E-state index in [2.05, 4.69) is 4.72 Å². The summed E-state index contributed by atoms with van der Waals surface area (Å²) in [7, 11) is -3.97. The Balaban J connectivity index is 1.47. The highest BCUT2D eigenvalue weighted by Gasteiger charge is 2.49. The predicted octanol–water partition coefficient (Wildman–Crippen LogP) is 4.22. The average Bonchev–Trinajstić information content (AvgIpc) is 2.58. The van der Waals surface area contributed by atoms with Crippen LogP contribution in [0.4, 0.5) is 4.39 Å². The lowest BCUT2D eigenvalue weighted by molar-refractivity contribution is -0.128. The first-order valence-corrected chi connectivity index (χ1v) is 11.9. The molecule has 4 aliphatic carbocycles. The predicted molar refractivity (Wildman–Crippen MR) is 106 cm³/mol. The van der Waals surface area contributed by atoms with Crippen LogP contribution in [0.1, 0.15) is 57.9 Å². The Morgan fingerprint density at radius 1 is 1.11 bits per heavy atom. The number of rotatable bonds is 6. The van der Waals surface area contributed by atoms with Crippen molar-refractivity contribution in [2.45, 2.75) is 69.7 Å². The maximum atomic E-state index is 13.8. The number of ketones is 1. The summed E-state index contributed by atoms with van der Waals surface area (Å²) in [6.45, 7) is 4.82. The SMILES string of the molecule is Cc1ccc(S(=O)(=O)NC(C)(C)C(=O)CC2C3CC4CC(C3)CC2C4)cc1F. The smallest absolute Gasteiger partial charge is 0.241 e. The highest BCUT2D eigenvalue weighted by Crippen LogP contribution is 2.57. The van der Waals surface area contributed by atoms with Crippen molar-refractivity contribution in [2.75, 3.05) is 0 Å². The third-order valence-electron chi connectivity index (χ3n) is 7.38. The largest absolute Gasteiger partial charge is 0.298 e. The van der Waals surface area contributed by atoms with E-state index < -0.39 is 21.4 Å². The summed E-state index contributed by atoms with van der Waals surface area (Å²) in [4.78, 5) is 12.9. The molecule has 5 rings (SSSR count). The molecule has 1 N–H and O–H groups in total. The molecule has 0 aromatic heterocycles. The second-order valence-electron chi connectivity index (χ2n) is 9.86. The monoisotopic (exact) mass is 407 g/mol. The van der Waals surface area contributed by atoms with Crippen molar-refractivity contribution in [3.05, 3.63) is 29.6 Å². The molecule has 4 saturated carbocycles. The molecule has 4 fully saturated rings. The summed E-state index contributed by atoms with van der Waals surface area (Å²) in [5, 5.41) is 0. The van der Waals surface area contributed by atoms with Gasteiger partial charge in [-0.25, -0.2) is 12.8 Å². The zero-order valence-electron chi connectivity index (χ0n) is 16.9. The maximum Gasteiger partial charge on any atom is 0.241 e. The van der Waals surface area contributed by atoms with E-state index in [1.807, 2.05) is 0 Å². The normalized spacial score (nSPS) is 31.9. The number of hydrogen-bond acceptors (Lipinski definition) is 3. The topological polar surface area (TPSA) is 63.2 Å². The number of Topliss-reactive ketones (excluding diaryl/α,β-unsaturated/α-hetero) is 1. The molecule has 6 heteroatoms. The van der Waals surface area contributed by atoms with Crippen molar-refractivity contribution in [3.8, 4) is 0 Å². The van der Waals surface area contributed by atoms with Gasteiger partial charge < -0.3 is 0 Å². The Labute approximate surface area is 167 Å². The van der Waals surface area contributed by atoms with E-state index in [0.717, 1.165) is 17.9 Å². The second-order valence-corrected chi connectivity index (χ2v) is 11.5. The van der Waals surface area contributed by atoms with Gasteiger partial charge >= 0.3 is 0 Å². The lowest BCUT2D eigenvalue weighted by Gasteiger charge is -2.54. The van der Waals surface area contributed by atoms with E-state index in [1.165, 1.54) is 44.2 Å². The molecule has 0 atom stereocenters. The molecular formula is C22H30FNO3S. The maximum absolute atomic E-state index is 13.8. The molecule has 0 unspecified atom stereocenters.